The number of halogens is 1. The van der Waals surface area contributed by atoms with E-state index in [1.54, 1.807) is 0 Å². The number of rotatable bonds is 5. The Hall–Kier alpha value is -0.290. The fraction of sp³-hybridized carbons (Fsp3) is 0.833. The van der Waals surface area contributed by atoms with Gasteiger partial charge in [0.15, 0.2) is 9.84 Å². The summed E-state index contributed by atoms with van der Waals surface area (Å²) in [7, 11) is -3.13. The van der Waals surface area contributed by atoms with Crippen LogP contribution in [0.4, 0.5) is 0 Å². The second kappa shape index (κ2) is 4.67. The van der Waals surface area contributed by atoms with Gasteiger partial charge in [-0.2, -0.15) is 0 Å². The predicted octanol–water partition coefficient (Wildman–Crippen LogP) is 0.228. The van der Waals surface area contributed by atoms with Crippen LogP contribution in [-0.4, -0.2) is 31.2 Å². The monoisotopic (exact) mass is 212 g/mol. The molecule has 0 aliphatic rings. The van der Waals surface area contributed by atoms with Crippen LogP contribution in [0.3, 0.4) is 0 Å². The summed E-state index contributed by atoms with van der Waals surface area (Å²) < 4.78 is 21.9. The fourth-order valence-electron chi connectivity index (χ4n) is 0.653. The Labute approximate surface area is 77.0 Å². The van der Waals surface area contributed by atoms with Gasteiger partial charge in [0.25, 0.3) is 0 Å². The summed E-state index contributed by atoms with van der Waals surface area (Å²) in [6, 6.07) is 0. The first kappa shape index (κ1) is 11.7. The minimum absolute atomic E-state index is 0.0163. The van der Waals surface area contributed by atoms with Crippen molar-refractivity contribution < 1.29 is 13.2 Å². The molecule has 0 bridgehead atoms. The second-order valence-electron chi connectivity index (χ2n) is 2.42. The normalized spacial score (nSPS) is 14.2. The maximum atomic E-state index is 10.9. The summed E-state index contributed by atoms with van der Waals surface area (Å²) >= 11 is 5.52. The summed E-state index contributed by atoms with van der Waals surface area (Å²) in [6.07, 6.45) is -0.208. The Bertz CT molecular complexity index is 250. The highest BCUT2D eigenvalue weighted by Gasteiger charge is 2.17. The molecule has 0 heterocycles. The second-order valence-corrected chi connectivity index (χ2v) is 5.44. The van der Waals surface area contributed by atoms with Crippen LogP contribution in [0.5, 0.6) is 0 Å². The zero-order chi connectivity index (χ0) is 9.78. The molecule has 0 aliphatic heterocycles. The van der Waals surface area contributed by atoms with Gasteiger partial charge >= 0.3 is 0 Å². The van der Waals surface area contributed by atoms with E-state index in [-0.39, 0.29) is 17.9 Å². The molecule has 1 unspecified atom stereocenters. The first-order valence-electron chi connectivity index (χ1n) is 3.46. The largest absolute Gasteiger partial charge is 0.273 e. The average molecular weight is 213 g/mol. The van der Waals surface area contributed by atoms with E-state index in [0.717, 1.165) is 0 Å². The first-order valence-corrected chi connectivity index (χ1v) is 5.72. The molecule has 1 N–H and O–H groups in total. The van der Waals surface area contributed by atoms with Crippen molar-refractivity contribution in [1.82, 2.24) is 5.73 Å². The summed E-state index contributed by atoms with van der Waals surface area (Å²) in [6.45, 7) is 1.52. The van der Waals surface area contributed by atoms with Gasteiger partial charge in [0, 0.05) is 12.2 Å². The number of amides is 1. The molecule has 0 spiro atoms. The minimum atomic E-state index is -3.13. The van der Waals surface area contributed by atoms with Gasteiger partial charge in [0.1, 0.15) is 0 Å². The molecule has 71 valence electrons. The lowest BCUT2D eigenvalue weighted by atomic mass is 10.3. The van der Waals surface area contributed by atoms with Crippen molar-refractivity contribution in [3.8, 4) is 0 Å². The standard InChI is InChI=1S/C6H11ClNO3S/c1-2-12(10,11)4-5(7)3-6(8)9/h5,8H,2-4H2,1H3. The lowest BCUT2D eigenvalue weighted by Gasteiger charge is -2.05. The minimum Gasteiger partial charge on any atom is -0.273 e. The number of sulfone groups is 1. The highest BCUT2D eigenvalue weighted by Crippen LogP contribution is 2.06. The van der Waals surface area contributed by atoms with Gasteiger partial charge in [-0.15, -0.1) is 11.6 Å². The van der Waals surface area contributed by atoms with Crippen LogP contribution < -0.4 is 5.73 Å². The van der Waals surface area contributed by atoms with Gasteiger partial charge in [-0.25, -0.2) is 8.42 Å². The molecule has 0 aliphatic carbocycles. The number of hydrogen-bond acceptors (Lipinski definition) is 3. The van der Waals surface area contributed by atoms with Gasteiger partial charge in [0.2, 0.25) is 5.91 Å². The SMILES string of the molecule is CCS(=O)(=O)CC(Cl)CC([NH])=O. The van der Waals surface area contributed by atoms with E-state index >= 15 is 0 Å². The molecule has 4 nitrogen and oxygen atoms in total. The summed E-state index contributed by atoms with van der Waals surface area (Å²) in [5, 5.41) is -0.764. The zero-order valence-corrected chi connectivity index (χ0v) is 8.28. The molecule has 12 heavy (non-hydrogen) atoms. The van der Waals surface area contributed by atoms with Crippen molar-refractivity contribution in [1.29, 1.82) is 0 Å². The van der Waals surface area contributed by atoms with Crippen LogP contribution in [0.15, 0.2) is 0 Å². The van der Waals surface area contributed by atoms with E-state index in [2.05, 4.69) is 0 Å². The first-order chi connectivity index (χ1) is 5.37. The molecular weight excluding hydrogens is 202 g/mol. The maximum absolute atomic E-state index is 10.9. The van der Waals surface area contributed by atoms with Crippen molar-refractivity contribution in [3.05, 3.63) is 0 Å². The van der Waals surface area contributed by atoms with Crippen molar-refractivity contribution >= 4 is 27.3 Å². The highest BCUT2D eigenvalue weighted by atomic mass is 35.5. The van der Waals surface area contributed by atoms with E-state index < -0.39 is 21.1 Å². The van der Waals surface area contributed by atoms with E-state index in [0.29, 0.717) is 0 Å². The predicted molar refractivity (Wildman–Crippen MR) is 46.7 cm³/mol. The molecule has 6 heteroatoms. The lowest BCUT2D eigenvalue weighted by Crippen LogP contribution is -2.20. The molecule has 0 rings (SSSR count). The molecule has 0 fully saturated rings. The van der Waals surface area contributed by atoms with Crippen LogP contribution in [0.2, 0.25) is 0 Å². The highest BCUT2D eigenvalue weighted by molar-refractivity contribution is 7.91. The van der Waals surface area contributed by atoms with Crippen LogP contribution in [-0.2, 0) is 14.6 Å². The molecule has 0 aromatic carbocycles. The molecule has 1 amide bonds. The Kier molecular flexibility index (Phi) is 4.55. The summed E-state index contributed by atoms with van der Waals surface area (Å²) in [4.78, 5) is 10.2. The number of carbonyl (C=O) groups excluding carboxylic acids is 1. The Balaban J connectivity index is 4.01. The van der Waals surface area contributed by atoms with E-state index in [9.17, 15) is 13.2 Å². The van der Waals surface area contributed by atoms with Gasteiger partial charge < -0.3 is 0 Å². The summed E-state index contributed by atoms with van der Waals surface area (Å²) in [5.41, 5.74) is 6.55. The number of hydrogen-bond donors (Lipinski definition) is 0. The summed E-state index contributed by atoms with van der Waals surface area (Å²) in [5.74, 6) is -1.04. The van der Waals surface area contributed by atoms with Crippen molar-refractivity contribution in [2.24, 2.45) is 0 Å². The fourth-order valence-corrected chi connectivity index (χ4v) is 2.27. The number of nitrogens with one attached hydrogen (secondary N) is 1. The van der Waals surface area contributed by atoms with Crippen molar-refractivity contribution in [2.75, 3.05) is 11.5 Å². The molecule has 1 atom stereocenters. The number of carbonyl (C=O) groups is 1. The molecule has 0 aromatic rings. The molecule has 0 saturated heterocycles. The topological polar surface area (TPSA) is 75.0 Å². The van der Waals surface area contributed by atoms with Crippen LogP contribution in [0.1, 0.15) is 13.3 Å². The van der Waals surface area contributed by atoms with Gasteiger partial charge in [0.05, 0.1) is 11.1 Å². The third kappa shape index (κ3) is 5.37. The van der Waals surface area contributed by atoms with E-state index in [1.165, 1.54) is 6.92 Å². The molecule has 0 aromatic heterocycles. The van der Waals surface area contributed by atoms with Crippen LogP contribution >= 0.6 is 11.6 Å². The Morgan fingerprint density at radius 1 is 1.58 bits per heavy atom. The zero-order valence-electron chi connectivity index (χ0n) is 6.71. The van der Waals surface area contributed by atoms with Gasteiger partial charge in [-0.1, -0.05) is 6.92 Å². The van der Waals surface area contributed by atoms with E-state index in [4.69, 9.17) is 17.3 Å². The molecular formula is C6H11ClNO3S. The van der Waals surface area contributed by atoms with Crippen molar-refractivity contribution in [2.45, 2.75) is 18.7 Å². The van der Waals surface area contributed by atoms with Crippen molar-refractivity contribution in [3.63, 3.8) is 0 Å². The Morgan fingerprint density at radius 2 is 2.08 bits per heavy atom. The quantitative estimate of drug-likeness (QED) is 0.613. The molecule has 1 radical (unpaired) electrons. The third-order valence-corrected chi connectivity index (χ3v) is 3.56. The lowest BCUT2D eigenvalue weighted by molar-refractivity contribution is -0.118. The molecule has 0 saturated carbocycles. The van der Waals surface area contributed by atoms with Crippen LogP contribution in [0, 0.1) is 0 Å². The third-order valence-electron chi connectivity index (χ3n) is 1.28. The average Bonchev–Trinajstić information content (AvgIpc) is 1.84. The Morgan fingerprint density at radius 3 is 2.42 bits per heavy atom. The van der Waals surface area contributed by atoms with E-state index in [1.807, 2.05) is 0 Å². The van der Waals surface area contributed by atoms with Gasteiger partial charge in [-0.3, -0.25) is 10.5 Å². The van der Waals surface area contributed by atoms with Crippen LogP contribution in [0.25, 0.3) is 0 Å². The maximum Gasteiger partial charge on any atom is 0.239 e. The van der Waals surface area contributed by atoms with Gasteiger partial charge in [-0.05, 0) is 0 Å². The smallest absolute Gasteiger partial charge is 0.239 e. The number of alkyl halides is 1.